The van der Waals surface area contributed by atoms with Gasteiger partial charge in [0.15, 0.2) is 0 Å². The number of hydrogen-bond acceptors (Lipinski definition) is 2. The van der Waals surface area contributed by atoms with E-state index in [4.69, 9.17) is 16.3 Å². The summed E-state index contributed by atoms with van der Waals surface area (Å²) in [4.78, 5) is 11.4. The predicted octanol–water partition coefficient (Wildman–Crippen LogP) is 2.84. The van der Waals surface area contributed by atoms with Crippen LogP contribution >= 0.6 is 11.6 Å². The summed E-state index contributed by atoms with van der Waals surface area (Å²) in [7, 11) is 0. The minimum absolute atomic E-state index is 0.0446. The van der Waals surface area contributed by atoms with Crippen molar-refractivity contribution in [2.75, 3.05) is 12.5 Å². The monoisotopic (exact) mass is 206 g/mol. The molecule has 2 nitrogen and oxygen atoms in total. The summed E-state index contributed by atoms with van der Waals surface area (Å²) in [6, 6.07) is 0. The van der Waals surface area contributed by atoms with Gasteiger partial charge < -0.3 is 4.74 Å². The van der Waals surface area contributed by atoms with Crippen molar-refractivity contribution in [1.82, 2.24) is 0 Å². The van der Waals surface area contributed by atoms with Crippen LogP contribution in [0.2, 0.25) is 0 Å². The molecular weight excluding hydrogens is 188 g/mol. The van der Waals surface area contributed by atoms with E-state index in [1.807, 2.05) is 6.92 Å². The van der Waals surface area contributed by atoms with Gasteiger partial charge in [0.1, 0.15) is 6.61 Å². The van der Waals surface area contributed by atoms with Gasteiger partial charge in [-0.05, 0) is 18.8 Å². The van der Waals surface area contributed by atoms with Gasteiger partial charge in [-0.15, -0.1) is 11.6 Å². The molecule has 0 aliphatic heterocycles. The summed E-state index contributed by atoms with van der Waals surface area (Å²) in [5, 5.41) is 0. The lowest BCUT2D eigenvalue weighted by atomic mass is 9.95. The molecule has 0 saturated heterocycles. The summed E-state index contributed by atoms with van der Waals surface area (Å²) in [5.74, 6) is 0.859. The maximum absolute atomic E-state index is 11.4. The van der Waals surface area contributed by atoms with Gasteiger partial charge in [-0.1, -0.05) is 20.8 Å². The first-order chi connectivity index (χ1) is 6.11. The third-order valence-corrected chi connectivity index (χ3v) is 2.06. The van der Waals surface area contributed by atoms with Gasteiger partial charge in [0, 0.05) is 0 Å². The van der Waals surface area contributed by atoms with Gasteiger partial charge in [-0.3, -0.25) is 4.79 Å². The molecule has 0 saturated carbocycles. The number of rotatable bonds is 6. The Morgan fingerprint density at radius 1 is 1.46 bits per heavy atom. The fourth-order valence-electron chi connectivity index (χ4n) is 1.26. The molecule has 3 heteroatoms. The van der Waals surface area contributed by atoms with Crippen LogP contribution in [-0.4, -0.2) is 18.5 Å². The lowest BCUT2D eigenvalue weighted by Gasteiger charge is -2.15. The highest BCUT2D eigenvalue weighted by Gasteiger charge is 2.18. The summed E-state index contributed by atoms with van der Waals surface area (Å²) >= 11 is 5.42. The van der Waals surface area contributed by atoms with Gasteiger partial charge >= 0.3 is 5.97 Å². The van der Waals surface area contributed by atoms with Gasteiger partial charge in [0.2, 0.25) is 0 Å². The zero-order chi connectivity index (χ0) is 10.3. The van der Waals surface area contributed by atoms with E-state index >= 15 is 0 Å². The number of carbonyl (C=O) groups is 1. The molecule has 0 amide bonds. The molecule has 0 rings (SSSR count). The number of alkyl halides is 1. The molecule has 0 aromatic heterocycles. The molecule has 0 radical (unpaired) electrons. The van der Waals surface area contributed by atoms with Gasteiger partial charge in [0.25, 0.3) is 0 Å². The average Bonchev–Trinajstić information content (AvgIpc) is 2.09. The molecule has 13 heavy (non-hydrogen) atoms. The van der Waals surface area contributed by atoms with Crippen LogP contribution < -0.4 is 0 Å². The minimum Gasteiger partial charge on any atom is -0.464 e. The Morgan fingerprint density at radius 3 is 2.46 bits per heavy atom. The van der Waals surface area contributed by atoms with Crippen LogP contribution in [0.1, 0.15) is 33.6 Å². The standard InChI is InChI=1S/C10H19ClO2/c1-4-9(7-8(2)3)10(12)13-6-5-11/h8-9H,4-7H2,1-3H3/t9-/m0/s1. The second-order valence-electron chi connectivity index (χ2n) is 3.59. The summed E-state index contributed by atoms with van der Waals surface area (Å²) in [5.41, 5.74) is 0. The van der Waals surface area contributed by atoms with E-state index in [-0.39, 0.29) is 11.9 Å². The van der Waals surface area contributed by atoms with Crippen molar-refractivity contribution in [2.45, 2.75) is 33.6 Å². The largest absolute Gasteiger partial charge is 0.464 e. The number of carbonyl (C=O) groups excluding carboxylic acids is 1. The van der Waals surface area contributed by atoms with Crippen LogP contribution in [0.25, 0.3) is 0 Å². The molecule has 78 valence electrons. The molecule has 0 bridgehead atoms. The molecule has 0 spiro atoms. The number of esters is 1. The second kappa shape index (κ2) is 7.19. The molecule has 1 atom stereocenters. The highest BCUT2D eigenvalue weighted by atomic mass is 35.5. The van der Waals surface area contributed by atoms with E-state index in [2.05, 4.69) is 13.8 Å². The Morgan fingerprint density at radius 2 is 2.08 bits per heavy atom. The molecular formula is C10H19ClO2. The molecule has 0 aromatic rings. The van der Waals surface area contributed by atoms with E-state index in [1.165, 1.54) is 0 Å². The molecule has 0 unspecified atom stereocenters. The number of ether oxygens (including phenoxy) is 1. The quantitative estimate of drug-likeness (QED) is 0.494. The first kappa shape index (κ1) is 12.8. The summed E-state index contributed by atoms with van der Waals surface area (Å²) in [6.45, 7) is 6.55. The van der Waals surface area contributed by atoms with Crippen LogP contribution in [0.15, 0.2) is 0 Å². The molecule has 0 heterocycles. The zero-order valence-corrected chi connectivity index (χ0v) is 9.43. The highest BCUT2D eigenvalue weighted by molar-refractivity contribution is 6.18. The van der Waals surface area contributed by atoms with Crippen molar-refractivity contribution in [1.29, 1.82) is 0 Å². The van der Waals surface area contributed by atoms with Crippen molar-refractivity contribution in [3.05, 3.63) is 0 Å². The Labute approximate surface area is 85.6 Å². The molecule has 0 N–H and O–H groups in total. The van der Waals surface area contributed by atoms with Crippen molar-refractivity contribution in [3.8, 4) is 0 Å². The van der Waals surface area contributed by atoms with Gasteiger partial charge in [-0.2, -0.15) is 0 Å². The average molecular weight is 207 g/mol. The van der Waals surface area contributed by atoms with E-state index in [1.54, 1.807) is 0 Å². The smallest absolute Gasteiger partial charge is 0.308 e. The van der Waals surface area contributed by atoms with E-state index in [9.17, 15) is 4.79 Å². The maximum Gasteiger partial charge on any atom is 0.308 e. The molecule has 0 aliphatic carbocycles. The van der Waals surface area contributed by atoms with E-state index < -0.39 is 0 Å². The van der Waals surface area contributed by atoms with Crippen LogP contribution in [0.3, 0.4) is 0 Å². The maximum atomic E-state index is 11.4. The highest BCUT2D eigenvalue weighted by Crippen LogP contribution is 2.16. The molecule has 0 aromatic carbocycles. The predicted molar refractivity (Wildman–Crippen MR) is 54.9 cm³/mol. The Bertz CT molecular complexity index is 146. The SMILES string of the molecule is CC[C@@H](CC(C)C)C(=O)OCCCl. The summed E-state index contributed by atoms with van der Waals surface area (Å²) in [6.07, 6.45) is 1.75. The molecule has 0 fully saturated rings. The van der Waals surface area contributed by atoms with E-state index in [0.717, 1.165) is 12.8 Å². The van der Waals surface area contributed by atoms with Crippen molar-refractivity contribution in [3.63, 3.8) is 0 Å². The minimum atomic E-state index is -0.100. The fourth-order valence-corrected chi connectivity index (χ4v) is 1.33. The van der Waals surface area contributed by atoms with Crippen LogP contribution in [0.5, 0.6) is 0 Å². The Hall–Kier alpha value is -0.240. The third-order valence-electron chi connectivity index (χ3n) is 1.90. The first-order valence-corrected chi connectivity index (χ1v) is 5.37. The Balaban J connectivity index is 3.85. The number of hydrogen-bond donors (Lipinski definition) is 0. The topological polar surface area (TPSA) is 26.3 Å². The zero-order valence-electron chi connectivity index (χ0n) is 8.68. The normalized spacial score (nSPS) is 13.0. The van der Waals surface area contributed by atoms with Crippen LogP contribution in [0.4, 0.5) is 0 Å². The molecule has 0 aliphatic rings. The Kier molecular flexibility index (Phi) is 7.06. The van der Waals surface area contributed by atoms with Gasteiger partial charge in [-0.25, -0.2) is 0 Å². The van der Waals surface area contributed by atoms with Crippen molar-refractivity contribution >= 4 is 17.6 Å². The third kappa shape index (κ3) is 5.92. The number of halogens is 1. The van der Waals surface area contributed by atoms with Gasteiger partial charge in [0.05, 0.1) is 11.8 Å². The van der Waals surface area contributed by atoms with Crippen LogP contribution in [-0.2, 0) is 9.53 Å². The van der Waals surface area contributed by atoms with Crippen molar-refractivity contribution < 1.29 is 9.53 Å². The summed E-state index contributed by atoms with van der Waals surface area (Å²) < 4.78 is 4.97. The van der Waals surface area contributed by atoms with Crippen molar-refractivity contribution in [2.24, 2.45) is 11.8 Å². The second-order valence-corrected chi connectivity index (χ2v) is 3.97. The van der Waals surface area contributed by atoms with E-state index in [0.29, 0.717) is 18.4 Å². The fraction of sp³-hybridized carbons (Fsp3) is 0.900. The van der Waals surface area contributed by atoms with Crippen LogP contribution in [0, 0.1) is 11.8 Å². The lowest BCUT2D eigenvalue weighted by molar-refractivity contribution is -0.148. The first-order valence-electron chi connectivity index (χ1n) is 4.84. The lowest BCUT2D eigenvalue weighted by Crippen LogP contribution is -2.19.